The van der Waals surface area contributed by atoms with E-state index in [4.69, 9.17) is 11.6 Å². The highest BCUT2D eigenvalue weighted by molar-refractivity contribution is 7.13. The van der Waals surface area contributed by atoms with E-state index in [2.05, 4.69) is 15.2 Å². The molecule has 1 fully saturated rings. The number of thiazole rings is 1. The number of benzene rings is 2. The summed E-state index contributed by atoms with van der Waals surface area (Å²) in [5.74, 6) is -0.350. The van der Waals surface area contributed by atoms with Crippen LogP contribution in [0.5, 0.6) is 0 Å². The van der Waals surface area contributed by atoms with Crippen molar-refractivity contribution in [1.29, 1.82) is 0 Å². The number of carbonyl (C=O) groups excluding carboxylic acids is 2. The zero-order valence-electron chi connectivity index (χ0n) is 16.9. The third kappa shape index (κ3) is 5.42. The van der Waals surface area contributed by atoms with Gasteiger partial charge in [-0.2, -0.15) is 0 Å². The quantitative estimate of drug-likeness (QED) is 0.619. The molecule has 1 N–H and O–H groups in total. The summed E-state index contributed by atoms with van der Waals surface area (Å²) >= 11 is 7.53. The fourth-order valence-corrected chi connectivity index (χ4v) is 4.43. The summed E-state index contributed by atoms with van der Waals surface area (Å²) in [5, 5.41) is 6.43. The Morgan fingerprint density at radius 2 is 1.74 bits per heavy atom. The topological polar surface area (TPSA) is 65.5 Å². The summed E-state index contributed by atoms with van der Waals surface area (Å²) in [7, 11) is 0. The molecule has 6 nitrogen and oxygen atoms in total. The van der Waals surface area contributed by atoms with Crippen LogP contribution < -0.4 is 10.2 Å². The third-order valence-electron chi connectivity index (χ3n) is 5.27. The average Bonchev–Trinajstić information content (AvgIpc) is 3.34. The van der Waals surface area contributed by atoms with Gasteiger partial charge in [-0.15, -0.1) is 11.3 Å². The molecule has 0 aliphatic carbocycles. The Balaban J connectivity index is 1.46. The smallest absolute Gasteiger partial charge is 0.251 e. The predicted molar refractivity (Wildman–Crippen MR) is 124 cm³/mol. The first-order chi connectivity index (χ1) is 15.1. The minimum Gasteiger partial charge on any atom is -0.345 e. The van der Waals surface area contributed by atoms with Crippen LogP contribution in [0.25, 0.3) is 0 Å². The van der Waals surface area contributed by atoms with Crippen LogP contribution in [-0.2, 0) is 11.2 Å². The van der Waals surface area contributed by atoms with E-state index in [0.29, 0.717) is 30.1 Å². The molecule has 0 bridgehead atoms. The number of anilines is 1. The average molecular weight is 455 g/mol. The number of amides is 2. The van der Waals surface area contributed by atoms with Gasteiger partial charge in [-0.25, -0.2) is 4.98 Å². The molecule has 0 saturated carbocycles. The van der Waals surface area contributed by atoms with Gasteiger partial charge in [0.05, 0.1) is 0 Å². The van der Waals surface area contributed by atoms with E-state index in [1.165, 1.54) is 0 Å². The maximum atomic E-state index is 13.4. The van der Waals surface area contributed by atoms with Crippen molar-refractivity contribution in [2.24, 2.45) is 0 Å². The zero-order valence-corrected chi connectivity index (χ0v) is 18.5. The fraction of sp³-hybridized carbons (Fsp3) is 0.261. The number of hydrogen-bond donors (Lipinski definition) is 1. The van der Waals surface area contributed by atoms with Crippen molar-refractivity contribution in [2.75, 3.05) is 31.1 Å². The van der Waals surface area contributed by atoms with Gasteiger partial charge in [0.15, 0.2) is 5.13 Å². The minimum absolute atomic E-state index is 0.0649. The molecule has 1 atom stereocenters. The lowest BCUT2D eigenvalue weighted by atomic mass is 10.0. The molecule has 0 radical (unpaired) electrons. The monoisotopic (exact) mass is 454 g/mol. The van der Waals surface area contributed by atoms with Crippen molar-refractivity contribution in [3.8, 4) is 0 Å². The first kappa shape index (κ1) is 21.3. The lowest BCUT2D eigenvalue weighted by Crippen LogP contribution is -2.55. The Kier molecular flexibility index (Phi) is 6.84. The van der Waals surface area contributed by atoms with Crippen molar-refractivity contribution in [3.63, 3.8) is 0 Å². The van der Waals surface area contributed by atoms with Crippen molar-refractivity contribution < 1.29 is 9.59 Å². The number of halogens is 1. The van der Waals surface area contributed by atoms with E-state index in [1.54, 1.807) is 41.8 Å². The Labute approximate surface area is 190 Å². The molecular formula is C23H23ClN4O2S. The molecule has 160 valence electrons. The molecule has 3 aromatic rings. The molecule has 31 heavy (non-hydrogen) atoms. The molecule has 8 heteroatoms. The van der Waals surface area contributed by atoms with E-state index in [9.17, 15) is 9.59 Å². The van der Waals surface area contributed by atoms with Crippen LogP contribution in [0.1, 0.15) is 15.9 Å². The number of carbonyl (C=O) groups is 2. The van der Waals surface area contributed by atoms with Crippen LogP contribution in [0.2, 0.25) is 5.02 Å². The maximum absolute atomic E-state index is 13.4. The Bertz CT molecular complexity index is 1000. The summed E-state index contributed by atoms with van der Waals surface area (Å²) < 4.78 is 0. The van der Waals surface area contributed by atoms with Gasteiger partial charge in [0.2, 0.25) is 5.91 Å². The van der Waals surface area contributed by atoms with Crippen molar-refractivity contribution in [2.45, 2.75) is 12.5 Å². The number of nitrogens with zero attached hydrogens (tertiary/aromatic N) is 3. The van der Waals surface area contributed by atoms with E-state index in [-0.39, 0.29) is 11.8 Å². The molecule has 1 unspecified atom stereocenters. The van der Waals surface area contributed by atoms with E-state index >= 15 is 0 Å². The largest absolute Gasteiger partial charge is 0.345 e. The highest BCUT2D eigenvalue weighted by Gasteiger charge is 2.29. The molecule has 2 amide bonds. The second-order valence-corrected chi connectivity index (χ2v) is 8.66. The summed E-state index contributed by atoms with van der Waals surface area (Å²) in [6.07, 6.45) is 2.23. The van der Waals surface area contributed by atoms with Gasteiger partial charge in [0.25, 0.3) is 5.91 Å². The van der Waals surface area contributed by atoms with Crippen LogP contribution >= 0.6 is 22.9 Å². The van der Waals surface area contributed by atoms with Crippen molar-refractivity contribution in [3.05, 3.63) is 82.3 Å². The number of hydrogen-bond acceptors (Lipinski definition) is 5. The summed E-state index contributed by atoms with van der Waals surface area (Å²) in [6, 6.07) is 15.8. The van der Waals surface area contributed by atoms with Crippen LogP contribution in [0.15, 0.2) is 66.2 Å². The van der Waals surface area contributed by atoms with Gasteiger partial charge in [-0.05, 0) is 29.8 Å². The molecule has 2 aromatic carbocycles. The second-order valence-electron chi connectivity index (χ2n) is 7.35. The molecule has 0 spiro atoms. The van der Waals surface area contributed by atoms with E-state index in [1.807, 2.05) is 40.6 Å². The fourth-order valence-electron chi connectivity index (χ4n) is 3.60. The van der Waals surface area contributed by atoms with E-state index < -0.39 is 6.04 Å². The highest BCUT2D eigenvalue weighted by atomic mass is 35.5. The molecule has 1 aliphatic rings. The van der Waals surface area contributed by atoms with Gasteiger partial charge in [0, 0.05) is 54.8 Å². The van der Waals surface area contributed by atoms with Crippen molar-refractivity contribution >= 4 is 39.9 Å². The lowest BCUT2D eigenvalue weighted by Gasteiger charge is -2.36. The van der Waals surface area contributed by atoms with Gasteiger partial charge >= 0.3 is 0 Å². The van der Waals surface area contributed by atoms with Crippen LogP contribution in [0.3, 0.4) is 0 Å². The highest BCUT2D eigenvalue weighted by Crippen LogP contribution is 2.19. The lowest BCUT2D eigenvalue weighted by molar-refractivity contribution is -0.133. The summed E-state index contributed by atoms with van der Waals surface area (Å²) in [6.45, 7) is 2.64. The van der Waals surface area contributed by atoms with Crippen LogP contribution in [-0.4, -0.2) is 53.9 Å². The summed E-state index contributed by atoms with van der Waals surface area (Å²) in [4.78, 5) is 34.6. The molecular weight excluding hydrogens is 432 g/mol. The Hall–Kier alpha value is -2.90. The third-order valence-corrected chi connectivity index (χ3v) is 6.36. The van der Waals surface area contributed by atoms with Gasteiger partial charge in [-0.3, -0.25) is 9.59 Å². The molecule has 2 heterocycles. The van der Waals surface area contributed by atoms with Crippen molar-refractivity contribution in [1.82, 2.24) is 15.2 Å². The summed E-state index contributed by atoms with van der Waals surface area (Å²) in [5.41, 5.74) is 1.47. The minimum atomic E-state index is -0.642. The first-order valence-corrected chi connectivity index (χ1v) is 11.4. The number of aromatic nitrogens is 1. The van der Waals surface area contributed by atoms with Gasteiger partial charge < -0.3 is 15.1 Å². The number of rotatable bonds is 6. The molecule has 1 saturated heterocycles. The maximum Gasteiger partial charge on any atom is 0.251 e. The first-order valence-electron chi connectivity index (χ1n) is 10.1. The second kappa shape index (κ2) is 9.94. The van der Waals surface area contributed by atoms with E-state index in [0.717, 1.165) is 23.8 Å². The van der Waals surface area contributed by atoms with Gasteiger partial charge in [0.1, 0.15) is 6.04 Å². The van der Waals surface area contributed by atoms with Gasteiger partial charge in [-0.1, -0.05) is 41.9 Å². The number of piperazine rings is 1. The van der Waals surface area contributed by atoms with Crippen LogP contribution in [0.4, 0.5) is 5.13 Å². The normalized spacial score (nSPS) is 14.9. The SMILES string of the molecule is O=C(NC(Cc1ccccc1)C(=O)N1CCN(c2nccs2)CC1)c1ccc(Cl)cc1. The predicted octanol–water partition coefficient (Wildman–Crippen LogP) is 3.49. The zero-order chi connectivity index (χ0) is 21.6. The molecule has 1 aliphatic heterocycles. The standard InChI is InChI=1S/C23H23ClN4O2S/c24-19-8-6-18(7-9-19)21(29)26-20(16-17-4-2-1-3-5-17)22(30)27-11-13-28(14-12-27)23-25-10-15-31-23/h1-10,15,20H,11-14,16H2,(H,26,29). The molecule has 1 aromatic heterocycles. The Morgan fingerprint density at radius 1 is 1.03 bits per heavy atom. The Morgan fingerprint density at radius 3 is 2.39 bits per heavy atom. The number of nitrogens with one attached hydrogen (secondary N) is 1. The molecule has 4 rings (SSSR count). The van der Waals surface area contributed by atoms with Crippen LogP contribution in [0, 0.1) is 0 Å².